The number of nitrogens with one attached hydrogen (secondary N) is 3. The Balaban J connectivity index is 1.71. The van der Waals surface area contributed by atoms with E-state index in [9.17, 15) is 13.2 Å². The minimum Gasteiger partial charge on any atom is -0.378 e. The van der Waals surface area contributed by atoms with E-state index >= 15 is 0 Å². The molecule has 0 unspecified atom stereocenters. The Hall–Kier alpha value is -3.16. The van der Waals surface area contributed by atoms with Crippen LogP contribution in [0.3, 0.4) is 0 Å². The molecule has 0 saturated carbocycles. The lowest BCUT2D eigenvalue weighted by atomic mass is 10.0. The van der Waals surface area contributed by atoms with Crippen molar-refractivity contribution in [1.82, 2.24) is 20.3 Å². The van der Waals surface area contributed by atoms with Gasteiger partial charge in [-0.3, -0.25) is 0 Å². The number of aromatic nitrogens is 3. The molecule has 3 heterocycles. The summed E-state index contributed by atoms with van der Waals surface area (Å²) in [7, 11) is 0. The largest absolute Gasteiger partial charge is 0.419 e. The number of ether oxygens (including phenoxy) is 1. The second-order valence-corrected chi connectivity index (χ2v) is 6.64. The molecular formula is C19H17F3N6O. The van der Waals surface area contributed by atoms with Gasteiger partial charge < -0.3 is 20.4 Å². The highest BCUT2D eigenvalue weighted by atomic mass is 19.4. The van der Waals surface area contributed by atoms with Crippen LogP contribution in [0.1, 0.15) is 11.1 Å². The Morgan fingerprint density at radius 1 is 1.34 bits per heavy atom. The molecule has 1 aliphatic rings. The van der Waals surface area contributed by atoms with E-state index in [0.717, 1.165) is 6.20 Å². The lowest BCUT2D eigenvalue weighted by molar-refractivity contribution is -0.137. The van der Waals surface area contributed by atoms with Crippen molar-refractivity contribution >= 4 is 16.9 Å². The minimum atomic E-state index is -4.61. The van der Waals surface area contributed by atoms with Gasteiger partial charge in [0.2, 0.25) is 5.95 Å². The van der Waals surface area contributed by atoms with E-state index in [-0.39, 0.29) is 17.7 Å². The third-order valence-electron chi connectivity index (χ3n) is 4.67. The smallest absolute Gasteiger partial charge is 0.378 e. The maximum absolute atomic E-state index is 13.6. The molecule has 3 N–H and O–H groups in total. The number of anilines is 1. The third kappa shape index (κ3) is 4.01. The molecule has 0 bridgehead atoms. The standard InChI is InChI=1S/C19H17F3N6O/c20-19(21,22)15-9-27-18(26-7-12-10-29-4-3-24-12)28-17(15)14-8-25-16-5-11(6-23)1-2-13(14)16/h1-2,5,8-9,12,24-25H,3-4,7,10H2,(H,26,27,28)/t12-/m1/s1. The fraction of sp³-hybridized carbons (Fsp3) is 0.316. The van der Waals surface area contributed by atoms with E-state index in [1.165, 1.54) is 6.20 Å². The molecule has 3 aromatic rings. The highest BCUT2D eigenvalue weighted by molar-refractivity contribution is 5.96. The summed E-state index contributed by atoms with van der Waals surface area (Å²) in [6.45, 7) is 2.27. The summed E-state index contributed by atoms with van der Waals surface area (Å²) < 4.78 is 46.1. The molecule has 0 amide bonds. The van der Waals surface area contributed by atoms with E-state index in [2.05, 4.69) is 25.6 Å². The van der Waals surface area contributed by atoms with Crippen molar-refractivity contribution in [2.75, 3.05) is 31.6 Å². The fourth-order valence-corrected chi connectivity index (χ4v) is 3.24. The van der Waals surface area contributed by atoms with Crippen molar-refractivity contribution in [3.63, 3.8) is 0 Å². The summed E-state index contributed by atoms with van der Waals surface area (Å²) in [5, 5.41) is 15.8. The summed E-state index contributed by atoms with van der Waals surface area (Å²) in [6, 6.07) is 6.78. The van der Waals surface area contributed by atoms with Gasteiger partial charge in [-0.2, -0.15) is 18.4 Å². The molecule has 10 heteroatoms. The highest BCUT2D eigenvalue weighted by Crippen LogP contribution is 2.38. The van der Waals surface area contributed by atoms with Crippen molar-refractivity contribution in [3.8, 4) is 17.3 Å². The third-order valence-corrected chi connectivity index (χ3v) is 4.67. The number of nitrogens with zero attached hydrogens (tertiary/aromatic N) is 3. The Morgan fingerprint density at radius 3 is 2.93 bits per heavy atom. The van der Waals surface area contributed by atoms with Crippen molar-refractivity contribution in [2.24, 2.45) is 0 Å². The van der Waals surface area contributed by atoms with Gasteiger partial charge in [0.05, 0.1) is 30.5 Å². The number of aromatic amines is 1. The zero-order valence-corrected chi connectivity index (χ0v) is 15.2. The van der Waals surface area contributed by atoms with Crippen LogP contribution in [0.15, 0.2) is 30.6 Å². The van der Waals surface area contributed by atoms with Gasteiger partial charge in [-0.15, -0.1) is 0 Å². The minimum absolute atomic E-state index is 0.0237. The van der Waals surface area contributed by atoms with Gasteiger partial charge >= 0.3 is 6.18 Å². The van der Waals surface area contributed by atoms with E-state index in [1.54, 1.807) is 18.2 Å². The first-order chi connectivity index (χ1) is 14.0. The molecule has 1 aliphatic heterocycles. The van der Waals surface area contributed by atoms with Crippen molar-refractivity contribution in [1.29, 1.82) is 5.26 Å². The number of alkyl halides is 3. The second kappa shape index (κ2) is 7.69. The quantitative estimate of drug-likeness (QED) is 0.621. The summed E-state index contributed by atoms with van der Waals surface area (Å²) in [4.78, 5) is 10.9. The summed E-state index contributed by atoms with van der Waals surface area (Å²) >= 11 is 0. The molecule has 0 spiro atoms. The van der Waals surface area contributed by atoms with Crippen LogP contribution in [0.25, 0.3) is 22.2 Å². The Morgan fingerprint density at radius 2 is 2.21 bits per heavy atom. The molecule has 4 rings (SSSR count). The number of H-pyrrole nitrogens is 1. The molecule has 29 heavy (non-hydrogen) atoms. The highest BCUT2D eigenvalue weighted by Gasteiger charge is 2.36. The lowest BCUT2D eigenvalue weighted by Crippen LogP contribution is -2.45. The second-order valence-electron chi connectivity index (χ2n) is 6.64. The van der Waals surface area contributed by atoms with Crippen LogP contribution in [-0.2, 0) is 10.9 Å². The first kappa shape index (κ1) is 19.2. The van der Waals surface area contributed by atoms with Crippen molar-refractivity contribution in [2.45, 2.75) is 12.2 Å². The monoisotopic (exact) mass is 402 g/mol. The topological polar surface area (TPSA) is 98.7 Å². The zero-order chi connectivity index (χ0) is 20.4. The first-order valence-electron chi connectivity index (χ1n) is 8.96. The Bertz CT molecular complexity index is 1070. The van der Waals surface area contributed by atoms with E-state index in [0.29, 0.717) is 48.3 Å². The normalized spacial score (nSPS) is 17.2. The van der Waals surface area contributed by atoms with Gasteiger partial charge in [-0.1, -0.05) is 6.07 Å². The SMILES string of the molecule is N#Cc1ccc2c(-c3nc(NC[C@@H]4COCCN4)ncc3C(F)(F)F)c[nH]c2c1. The molecule has 1 aromatic carbocycles. The van der Waals surface area contributed by atoms with Crippen LogP contribution in [0.4, 0.5) is 19.1 Å². The molecule has 150 valence electrons. The molecule has 1 fully saturated rings. The molecule has 1 atom stereocenters. The molecule has 0 aliphatic carbocycles. The summed E-state index contributed by atoms with van der Waals surface area (Å²) in [5.74, 6) is 0.100. The van der Waals surface area contributed by atoms with E-state index in [4.69, 9.17) is 10.00 Å². The Kier molecular flexibility index (Phi) is 5.08. The number of morpholine rings is 1. The van der Waals surface area contributed by atoms with E-state index < -0.39 is 11.7 Å². The maximum Gasteiger partial charge on any atom is 0.419 e. The number of fused-ring (bicyclic) bond motifs is 1. The lowest BCUT2D eigenvalue weighted by Gasteiger charge is -2.24. The van der Waals surface area contributed by atoms with E-state index in [1.807, 2.05) is 6.07 Å². The Labute approximate surface area is 163 Å². The average Bonchev–Trinajstić information content (AvgIpc) is 3.15. The van der Waals surface area contributed by atoms with Crippen molar-refractivity contribution < 1.29 is 17.9 Å². The van der Waals surface area contributed by atoms with Crippen LogP contribution in [0.2, 0.25) is 0 Å². The number of halogens is 3. The number of hydrogen-bond acceptors (Lipinski definition) is 6. The maximum atomic E-state index is 13.6. The first-order valence-corrected chi connectivity index (χ1v) is 8.96. The van der Waals surface area contributed by atoms with Crippen LogP contribution in [0, 0.1) is 11.3 Å². The summed E-state index contributed by atoms with van der Waals surface area (Å²) in [6.07, 6.45) is -2.36. The number of hydrogen-bond donors (Lipinski definition) is 3. The van der Waals surface area contributed by atoms with Gasteiger partial charge in [0, 0.05) is 48.0 Å². The van der Waals surface area contributed by atoms with Gasteiger partial charge in [0.1, 0.15) is 5.56 Å². The summed E-state index contributed by atoms with van der Waals surface area (Å²) in [5.41, 5.74) is 0.116. The van der Waals surface area contributed by atoms with Gasteiger partial charge in [-0.25, -0.2) is 9.97 Å². The molecule has 7 nitrogen and oxygen atoms in total. The molecule has 0 radical (unpaired) electrons. The fourth-order valence-electron chi connectivity index (χ4n) is 3.24. The predicted molar refractivity (Wildman–Crippen MR) is 100 cm³/mol. The van der Waals surface area contributed by atoms with Gasteiger partial charge in [0.15, 0.2) is 0 Å². The molecule has 2 aromatic heterocycles. The van der Waals surface area contributed by atoms with Gasteiger partial charge in [-0.05, 0) is 12.1 Å². The number of rotatable bonds is 4. The average molecular weight is 402 g/mol. The van der Waals surface area contributed by atoms with Crippen LogP contribution >= 0.6 is 0 Å². The molecular weight excluding hydrogens is 385 g/mol. The van der Waals surface area contributed by atoms with Crippen LogP contribution in [-0.4, -0.2) is 47.3 Å². The van der Waals surface area contributed by atoms with Gasteiger partial charge in [0.25, 0.3) is 0 Å². The number of benzene rings is 1. The van der Waals surface area contributed by atoms with Crippen molar-refractivity contribution in [3.05, 3.63) is 41.7 Å². The van der Waals surface area contributed by atoms with Crippen LogP contribution < -0.4 is 10.6 Å². The van der Waals surface area contributed by atoms with Crippen LogP contribution in [0.5, 0.6) is 0 Å². The molecule has 1 saturated heterocycles. The predicted octanol–water partition coefficient (Wildman–Crippen LogP) is 2.92. The zero-order valence-electron chi connectivity index (χ0n) is 15.2. The number of nitriles is 1.